The van der Waals surface area contributed by atoms with Crippen LogP contribution in [0.3, 0.4) is 0 Å². The molecule has 0 amide bonds. The van der Waals surface area contributed by atoms with Crippen molar-refractivity contribution in [2.75, 3.05) is 6.61 Å². The number of hydrogen-bond acceptors (Lipinski definition) is 6. The van der Waals surface area contributed by atoms with Gasteiger partial charge in [-0.05, 0) is 32.1 Å². The van der Waals surface area contributed by atoms with Crippen molar-refractivity contribution >= 4 is 11.8 Å². The van der Waals surface area contributed by atoms with Gasteiger partial charge in [0.15, 0.2) is 5.57 Å². The molecule has 22 heavy (non-hydrogen) atoms. The third-order valence-electron chi connectivity index (χ3n) is 2.91. The summed E-state index contributed by atoms with van der Waals surface area (Å²) in [6, 6.07) is 8.50. The smallest absolute Gasteiger partial charge is 0.351 e. The number of amidine groups is 1. The van der Waals surface area contributed by atoms with E-state index in [-0.39, 0.29) is 23.6 Å². The zero-order valence-electron chi connectivity index (χ0n) is 12.3. The van der Waals surface area contributed by atoms with Gasteiger partial charge >= 0.3 is 5.97 Å². The minimum Gasteiger partial charge on any atom is -0.507 e. The van der Waals surface area contributed by atoms with Gasteiger partial charge in [0.1, 0.15) is 17.7 Å². The van der Waals surface area contributed by atoms with Crippen molar-refractivity contribution in [1.82, 2.24) is 5.32 Å². The van der Waals surface area contributed by atoms with Crippen LogP contribution < -0.4 is 5.32 Å². The van der Waals surface area contributed by atoms with E-state index in [4.69, 9.17) is 4.74 Å². The fourth-order valence-electron chi connectivity index (χ4n) is 1.95. The largest absolute Gasteiger partial charge is 0.507 e. The van der Waals surface area contributed by atoms with Gasteiger partial charge in [0.05, 0.1) is 17.9 Å². The molecule has 0 radical (unpaired) electrons. The topological polar surface area (TPSA) is 94.7 Å². The first kappa shape index (κ1) is 15.3. The van der Waals surface area contributed by atoms with Gasteiger partial charge in [0.2, 0.25) is 0 Å². The maximum Gasteiger partial charge on any atom is 0.351 e. The Morgan fingerprint density at radius 3 is 2.82 bits per heavy atom. The molecule has 112 valence electrons. The molecule has 0 bridgehead atoms. The first-order valence-corrected chi connectivity index (χ1v) is 6.70. The Labute approximate surface area is 128 Å². The number of carbonyl (C=O) groups excluding carboxylic acids is 1. The summed E-state index contributed by atoms with van der Waals surface area (Å²) in [7, 11) is 0. The molecule has 2 rings (SSSR count). The minimum atomic E-state index is -0.716. The van der Waals surface area contributed by atoms with E-state index in [1.165, 1.54) is 6.07 Å². The van der Waals surface area contributed by atoms with E-state index < -0.39 is 5.97 Å². The van der Waals surface area contributed by atoms with E-state index >= 15 is 0 Å². The average molecular weight is 297 g/mol. The van der Waals surface area contributed by atoms with Crippen LogP contribution in [-0.2, 0) is 9.53 Å². The van der Waals surface area contributed by atoms with Gasteiger partial charge in [0, 0.05) is 5.70 Å². The van der Waals surface area contributed by atoms with Gasteiger partial charge in [-0.25, -0.2) is 9.79 Å². The van der Waals surface area contributed by atoms with Crippen molar-refractivity contribution in [1.29, 1.82) is 5.26 Å². The summed E-state index contributed by atoms with van der Waals surface area (Å²) in [6.45, 7) is 3.61. The molecular formula is C16H15N3O3. The number of rotatable bonds is 3. The van der Waals surface area contributed by atoms with Crippen molar-refractivity contribution in [2.24, 2.45) is 4.99 Å². The van der Waals surface area contributed by atoms with Crippen molar-refractivity contribution in [3.05, 3.63) is 52.9 Å². The summed E-state index contributed by atoms with van der Waals surface area (Å²) in [5.74, 6) is -0.297. The van der Waals surface area contributed by atoms with Crippen LogP contribution in [-0.4, -0.2) is 23.5 Å². The van der Waals surface area contributed by atoms with E-state index in [9.17, 15) is 15.2 Å². The number of hydrogen-bond donors (Lipinski definition) is 2. The number of aromatic hydroxyl groups is 1. The monoisotopic (exact) mass is 297 g/mol. The van der Waals surface area contributed by atoms with Gasteiger partial charge in [0.25, 0.3) is 0 Å². The Bertz CT molecular complexity index is 739. The predicted octanol–water partition coefficient (Wildman–Crippen LogP) is 1.99. The third-order valence-corrected chi connectivity index (χ3v) is 2.91. The number of carbonyl (C=O) groups is 1. The number of esters is 1. The van der Waals surface area contributed by atoms with Crippen molar-refractivity contribution in [2.45, 2.75) is 13.8 Å². The normalized spacial score (nSPS) is 15.9. The standard InChI is InChI=1S/C16H15N3O3/c1-3-22-16(21)12(9-17)13-8-10(2)18-15(19-13)11-6-4-5-7-14(11)20/h4-8,20H,3H2,1-2H3,(H,18,19)/b13-12+. The SMILES string of the molecule is CCOC(=O)/C(C#N)=C1\C=C(C)NC(c2ccccc2O)=N1. The van der Waals surface area contributed by atoms with Crippen LogP contribution in [0.25, 0.3) is 0 Å². The van der Waals surface area contributed by atoms with Crippen LogP contribution in [0.4, 0.5) is 0 Å². The Balaban J connectivity index is 2.52. The molecule has 0 atom stereocenters. The molecule has 0 aliphatic carbocycles. The number of aliphatic imine (C=N–C) groups is 1. The molecular weight excluding hydrogens is 282 g/mol. The van der Waals surface area contributed by atoms with Gasteiger partial charge < -0.3 is 15.2 Å². The van der Waals surface area contributed by atoms with Crippen molar-refractivity contribution in [3.63, 3.8) is 0 Å². The number of phenolic OH excluding ortho intramolecular Hbond substituents is 1. The number of phenols is 1. The van der Waals surface area contributed by atoms with Crippen LogP contribution in [0.15, 0.2) is 52.3 Å². The van der Waals surface area contributed by atoms with E-state index in [1.54, 1.807) is 38.1 Å². The van der Waals surface area contributed by atoms with Crippen LogP contribution in [0, 0.1) is 11.3 Å². The highest BCUT2D eigenvalue weighted by atomic mass is 16.5. The molecule has 0 saturated heterocycles. The van der Waals surface area contributed by atoms with Crippen molar-refractivity contribution in [3.8, 4) is 11.8 Å². The van der Waals surface area contributed by atoms with E-state index in [0.29, 0.717) is 17.1 Å². The number of benzene rings is 1. The highest BCUT2D eigenvalue weighted by Gasteiger charge is 2.20. The second-order valence-electron chi connectivity index (χ2n) is 4.52. The van der Waals surface area contributed by atoms with Gasteiger partial charge in [-0.3, -0.25) is 0 Å². The zero-order valence-corrected chi connectivity index (χ0v) is 12.3. The lowest BCUT2D eigenvalue weighted by molar-refractivity contribution is -0.138. The number of nitriles is 1. The van der Waals surface area contributed by atoms with Crippen LogP contribution in [0.5, 0.6) is 5.75 Å². The Morgan fingerprint density at radius 1 is 1.45 bits per heavy atom. The Morgan fingerprint density at radius 2 is 2.18 bits per heavy atom. The second kappa shape index (κ2) is 6.59. The van der Waals surface area contributed by atoms with Crippen LogP contribution in [0.2, 0.25) is 0 Å². The number of ether oxygens (including phenoxy) is 1. The molecule has 1 aliphatic rings. The van der Waals surface area contributed by atoms with Crippen molar-refractivity contribution < 1.29 is 14.6 Å². The summed E-state index contributed by atoms with van der Waals surface area (Å²) >= 11 is 0. The first-order valence-electron chi connectivity index (χ1n) is 6.70. The summed E-state index contributed by atoms with van der Waals surface area (Å²) < 4.78 is 4.86. The lowest BCUT2D eigenvalue weighted by atomic mass is 10.1. The number of para-hydroxylation sites is 1. The summed E-state index contributed by atoms with van der Waals surface area (Å²) in [5, 5.41) is 22.1. The summed E-state index contributed by atoms with van der Waals surface area (Å²) in [5.41, 5.74) is 1.21. The lowest BCUT2D eigenvalue weighted by Crippen LogP contribution is -2.26. The molecule has 2 N–H and O–H groups in total. The minimum absolute atomic E-state index is 0.0532. The van der Waals surface area contributed by atoms with Crippen LogP contribution in [0.1, 0.15) is 19.4 Å². The molecule has 1 aliphatic heterocycles. The zero-order chi connectivity index (χ0) is 16.1. The van der Waals surface area contributed by atoms with Crippen LogP contribution >= 0.6 is 0 Å². The highest BCUT2D eigenvalue weighted by Crippen LogP contribution is 2.22. The lowest BCUT2D eigenvalue weighted by Gasteiger charge is -2.17. The number of nitrogens with one attached hydrogen (secondary N) is 1. The molecule has 1 aromatic carbocycles. The molecule has 0 fully saturated rings. The Kier molecular flexibility index (Phi) is 4.59. The summed E-state index contributed by atoms with van der Waals surface area (Å²) in [6.07, 6.45) is 1.58. The second-order valence-corrected chi connectivity index (χ2v) is 4.52. The van der Waals surface area contributed by atoms with Gasteiger partial charge in [-0.1, -0.05) is 12.1 Å². The van der Waals surface area contributed by atoms with E-state index in [0.717, 1.165) is 0 Å². The number of nitrogens with zero attached hydrogens (tertiary/aromatic N) is 2. The summed E-state index contributed by atoms with van der Waals surface area (Å²) in [4.78, 5) is 16.1. The van der Waals surface area contributed by atoms with E-state index in [1.807, 2.05) is 6.07 Å². The molecule has 1 aromatic rings. The quantitative estimate of drug-likeness (QED) is 0.505. The number of allylic oxidation sites excluding steroid dienone is 2. The third kappa shape index (κ3) is 3.15. The highest BCUT2D eigenvalue weighted by molar-refractivity contribution is 6.04. The molecule has 1 heterocycles. The Hall–Kier alpha value is -3.07. The molecule has 0 unspecified atom stereocenters. The molecule has 6 heteroatoms. The van der Waals surface area contributed by atoms with E-state index in [2.05, 4.69) is 10.3 Å². The molecule has 0 spiro atoms. The maximum absolute atomic E-state index is 11.8. The molecule has 6 nitrogen and oxygen atoms in total. The average Bonchev–Trinajstić information content (AvgIpc) is 2.48. The maximum atomic E-state index is 11.8. The van der Waals surface area contributed by atoms with Gasteiger partial charge in [-0.15, -0.1) is 0 Å². The first-order chi connectivity index (χ1) is 10.6. The molecule has 0 saturated carbocycles. The fourth-order valence-corrected chi connectivity index (χ4v) is 1.95. The predicted molar refractivity (Wildman–Crippen MR) is 80.8 cm³/mol. The fraction of sp³-hybridized carbons (Fsp3) is 0.188. The molecule has 0 aromatic heterocycles. The van der Waals surface area contributed by atoms with Gasteiger partial charge in [-0.2, -0.15) is 5.26 Å².